The summed E-state index contributed by atoms with van der Waals surface area (Å²) in [6.45, 7) is 5.67. The molecule has 1 N–H and O–H groups in total. The standard InChI is InChI=1S/C14H18N2O3/c1-8-6-10(16-19-8)15-12(18)14-5-4-9(7-14)13(2,3)11(14)17/h6,9H,4-5,7H2,1-3H3,(H,15,16,18). The maximum Gasteiger partial charge on any atom is 0.239 e. The topological polar surface area (TPSA) is 72.2 Å². The molecule has 102 valence electrons. The Hall–Kier alpha value is -1.65. The molecule has 1 amide bonds. The summed E-state index contributed by atoms with van der Waals surface area (Å²) in [5.41, 5.74) is -1.23. The van der Waals surface area contributed by atoms with E-state index in [9.17, 15) is 9.59 Å². The average molecular weight is 262 g/mol. The van der Waals surface area contributed by atoms with E-state index in [-0.39, 0.29) is 17.1 Å². The predicted octanol–water partition coefficient (Wildman–Crippen LogP) is 2.32. The van der Waals surface area contributed by atoms with E-state index in [0.717, 1.165) is 6.42 Å². The van der Waals surface area contributed by atoms with Gasteiger partial charge in [0.1, 0.15) is 11.2 Å². The maximum absolute atomic E-state index is 12.5. The normalized spacial score (nSPS) is 31.7. The first-order chi connectivity index (χ1) is 8.86. The van der Waals surface area contributed by atoms with E-state index in [1.54, 1.807) is 13.0 Å². The van der Waals surface area contributed by atoms with Crippen LogP contribution in [-0.2, 0) is 9.59 Å². The smallest absolute Gasteiger partial charge is 0.239 e. The first-order valence-corrected chi connectivity index (χ1v) is 6.66. The number of carbonyl (C=O) groups is 2. The molecule has 2 aliphatic rings. The number of anilines is 1. The minimum Gasteiger partial charge on any atom is -0.360 e. The number of hydrogen-bond donors (Lipinski definition) is 1. The van der Waals surface area contributed by atoms with Crippen LogP contribution >= 0.6 is 0 Å². The molecule has 0 aliphatic heterocycles. The molecule has 0 radical (unpaired) electrons. The summed E-state index contributed by atoms with van der Waals surface area (Å²) in [6, 6.07) is 1.66. The molecular formula is C14H18N2O3. The third-order valence-electron chi connectivity index (χ3n) is 4.86. The zero-order valence-corrected chi connectivity index (χ0v) is 11.4. The fraction of sp³-hybridized carbons (Fsp3) is 0.643. The molecule has 1 aromatic rings. The Balaban J connectivity index is 1.86. The van der Waals surface area contributed by atoms with Crippen molar-refractivity contribution < 1.29 is 14.1 Å². The van der Waals surface area contributed by atoms with Gasteiger partial charge >= 0.3 is 0 Å². The molecule has 2 unspecified atom stereocenters. The molecule has 0 aromatic carbocycles. The zero-order chi connectivity index (χ0) is 13.8. The van der Waals surface area contributed by atoms with Crippen LogP contribution in [0.5, 0.6) is 0 Å². The van der Waals surface area contributed by atoms with Crippen LogP contribution in [0.1, 0.15) is 38.9 Å². The number of nitrogens with zero attached hydrogens (tertiary/aromatic N) is 1. The number of fused-ring (bicyclic) bond motifs is 2. The van der Waals surface area contributed by atoms with Crippen LogP contribution in [-0.4, -0.2) is 16.8 Å². The number of carbonyl (C=O) groups excluding carboxylic acids is 2. The van der Waals surface area contributed by atoms with Crippen LogP contribution in [0.2, 0.25) is 0 Å². The molecule has 1 heterocycles. The lowest BCUT2D eigenvalue weighted by Crippen LogP contribution is -2.44. The highest BCUT2D eigenvalue weighted by Gasteiger charge is 2.65. The Morgan fingerprint density at radius 2 is 2.26 bits per heavy atom. The van der Waals surface area contributed by atoms with Gasteiger partial charge < -0.3 is 9.84 Å². The molecule has 2 atom stereocenters. The summed E-state index contributed by atoms with van der Waals surface area (Å²) >= 11 is 0. The average Bonchev–Trinajstić information content (AvgIpc) is 2.98. The van der Waals surface area contributed by atoms with E-state index in [2.05, 4.69) is 10.5 Å². The Morgan fingerprint density at radius 1 is 1.53 bits per heavy atom. The Morgan fingerprint density at radius 3 is 2.79 bits per heavy atom. The van der Waals surface area contributed by atoms with Gasteiger partial charge in [-0.05, 0) is 32.1 Å². The summed E-state index contributed by atoms with van der Waals surface area (Å²) in [7, 11) is 0. The fourth-order valence-corrected chi connectivity index (χ4v) is 3.64. The van der Waals surface area contributed by atoms with Crippen molar-refractivity contribution in [1.82, 2.24) is 5.16 Å². The summed E-state index contributed by atoms with van der Waals surface area (Å²) in [6.07, 6.45) is 2.27. The third kappa shape index (κ3) is 1.57. The summed E-state index contributed by atoms with van der Waals surface area (Å²) in [5, 5.41) is 6.48. The highest BCUT2D eigenvalue weighted by molar-refractivity contribution is 6.14. The van der Waals surface area contributed by atoms with Gasteiger partial charge in [-0.1, -0.05) is 19.0 Å². The van der Waals surface area contributed by atoms with Crippen molar-refractivity contribution in [2.75, 3.05) is 5.32 Å². The summed E-state index contributed by atoms with van der Waals surface area (Å²) in [4.78, 5) is 25.0. The lowest BCUT2D eigenvalue weighted by atomic mass is 9.70. The number of aryl methyl sites for hydroxylation is 1. The molecule has 19 heavy (non-hydrogen) atoms. The van der Waals surface area contributed by atoms with Crippen LogP contribution in [0.3, 0.4) is 0 Å². The molecule has 0 saturated heterocycles. The third-order valence-corrected chi connectivity index (χ3v) is 4.86. The number of aromatic nitrogens is 1. The molecule has 2 fully saturated rings. The van der Waals surface area contributed by atoms with E-state index >= 15 is 0 Å². The highest BCUT2D eigenvalue weighted by atomic mass is 16.5. The van der Waals surface area contributed by atoms with Gasteiger partial charge in [-0.2, -0.15) is 0 Å². The molecule has 2 bridgehead atoms. The van der Waals surface area contributed by atoms with Gasteiger partial charge in [-0.15, -0.1) is 0 Å². The van der Waals surface area contributed by atoms with Crippen LogP contribution in [0, 0.1) is 23.7 Å². The van der Waals surface area contributed by atoms with Gasteiger partial charge in [-0.3, -0.25) is 9.59 Å². The van der Waals surface area contributed by atoms with Crippen LogP contribution in [0.15, 0.2) is 10.6 Å². The summed E-state index contributed by atoms with van der Waals surface area (Å²) in [5.74, 6) is 1.20. The van der Waals surface area contributed by atoms with Crippen LogP contribution in [0.4, 0.5) is 5.82 Å². The van der Waals surface area contributed by atoms with Crippen molar-refractivity contribution in [3.63, 3.8) is 0 Å². The number of hydrogen-bond acceptors (Lipinski definition) is 4. The van der Waals surface area contributed by atoms with Crippen LogP contribution < -0.4 is 5.32 Å². The van der Waals surface area contributed by atoms with Gasteiger partial charge in [0.15, 0.2) is 11.6 Å². The van der Waals surface area contributed by atoms with Gasteiger partial charge in [0.2, 0.25) is 5.91 Å². The molecule has 2 saturated carbocycles. The minimum absolute atomic E-state index is 0.0777. The molecule has 5 heteroatoms. The first-order valence-electron chi connectivity index (χ1n) is 6.66. The molecule has 5 nitrogen and oxygen atoms in total. The second-order valence-corrected chi connectivity index (χ2v) is 6.35. The molecule has 0 spiro atoms. The second kappa shape index (κ2) is 3.68. The van der Waals surface area contributed by atoms with Crippen molar-refractivity contribution in [2.24, 2.45) is 16.7 Å². The Kier molecular flexibility index (Phi) is 2.40. The van der Waals surface area contributed by atoms with E-state index < -0.39 is 5.41 Å². The van der Waals surface area contributed by atoms with Gasteiger partial charge in [-0.25, -0.2) is 0 Å². The Labute approximate surface area is 111 Å². The molecule has 1 aromatic heterocycles. The molecule has 2 aliphatic carbocycles. The fourth-order valence-electron chi connectivity index (χ4n) is 3.64. The van der Waals surface area contributed by atoms with Crippen molar-refractivity contribution in [3.05, 3.63) is 11.8 Å². The number of Topliss-reactive ketones (excluding diaryl/α,β-unsaturated/α-hetero) is 1. The largest absolute Gasteiger partial charge is 0.360 e. The number of rotatable bonds is 2. The number of nitrogens with one attached hydrogen (secondary N) is 1. The minimum atomic E-state index is -0.846. The number of amides is 1. The lowest BCUT2D eigenvalue weighted by molar-refractivity contribution is -0.142. The van der Waals surface area contributed by atoms with Crippen molar-refractivity contribution in [3.8, 4) is 0 Å². The SMILES string of the molecule is Cc1cc(NC(=O)C23CCC(C2)C(C)(C)C3=O)no1. The van der Waals surface area contributed by atoms with Crippen molar-refractivity contribution in [2.45, 2.75) is 40.0 Å². The quantitative estimate of drug-likeness (QED) is 0.830. The van der Waals surface area contributed by atoms with Gasteiger partial charge in [0.05, 0.1) is 0 Å². The molecular weight excluding hydrogens is 244 g/mol. The van der Waals surface area contributed by atoms with Crippen LogP contribution in [0.25, 0.3) is 0 Å². The maximum atomic E-state index is 12.5. The predicted molar refractivity (Wildman–Crippen MR) is 68.4 cm³/mol. The van der Waals surface area contributed by atoms with Gasteiger partial charge in [0, 0.05) is 11.5 Å². The second-order valence-electron chi connectivity index (χ2n) is 6.35. The monoisotopic (exact) mass is 262 g/mol. The van der Waals surface area contributed by atoms with Gasteiger partial charge in [0.25, 0.3) is 0 Å². The van der Waals surface area contributed by atoms with Crippen molar-refractivity contribution in [1.29, 1.82) is 0 Å². The van der Waals surface area contributed by atoms with E-state index in [1.807, 2.05) is 13.8 Å². The zero-order valence-electron chi connectivity index (χ0n) is 11.4. The van der Waals surface area contributed by atoms with E-state index in [1.165, 1.54) is 0 Å². The van der Waals surface area contributed by atoms with E-state index in [0.29, 0.717) is 30.3 Å². The molecule has 3 rings (SSSR count). The lowest BCUT2D eigenvalue weighted by Gasteiger charge is -2.32. The van der Waals surface area contributed by atoms with Crippen molar-refractivity contribution >= 4 is 17.5 Å². The highest BCUT2D eigenvalue weighted by Crippen LogP contribution is 2.60. The van der Waals surface area contributed by atoms with E-state index in [4.69, 9.17) is 4.52 Å². The first kappa shape index (κ1) is 12.4. The Bertz CT molecular complexity index is 561. The number of ketones is 1. The summed E-state index contributed by atoms with van der Waals surface area (Å²) < 4.78 is 4.92.